The van der Waals surface area contributed by atoms with E-state index < -0.39 is 0 Å². The fraction of sp³-hybridized carbons (Fsp3) is 0.286. The number of nitrogens with two attached hydrogens (primary N) is 1. The lowest BCUT2D eigenvalue weighted by atomic mass is 10.1. The molecule has 1 aromatic heterocycles. The molecule has 1 aromatic carbocycles. The van der Waals surface area contributed by atoms with Crippen molar-refractivity contribution in [3.05, 3.63) is 40.9 Å². The van der Waals surface area contributed by atoms with Gasteiger partial charge in [-0.3, -0.25) is 0 Å². The molecule has 6 heteroatoms. The van der Waals surface area contributed by atoms with Gasteiger partial charge in [0.2, 0.25) is 0 Å². The summed E-state index contributed by atoms with van der Waals surface area (Å²) in [5.74, 6) is 1.29. The first-order valence-electron chi connectivity index (χ1n) is 6.18. The van der Waals surface area contributed by atoms with Crippen LogP contribution in [0.1, 0.15) is 18.5 Å². The zero-order valence-corrected chi connectivity index (χ0v) is 13.2. The molecule has 0 bridgehead atoms. The fourth-order valence-corrected chi connectivity index (χ4v) is 2.37. The maximum atomic E-state index is 5.92. The summed E-state index contributed by atoms with van der Waals surface area (Å²) in [4.78, 5) is 10.7. The van der Waals surface area contributed by atoms with Gasteiger partial charge in [0.05, 0.1) is 6.04 Å². The van der Waals surface area contributed by atoms with E-state index in [1.165, 1.54) is 17.3 Å². The molecule has 2 aromatic rings. The first-order chi connectivity index (χ1) is 9.51. The lowest BCUT2D eigenvalue weighted by molar-refractivity contribution is 0.720. The summed E-state index contributed by atoms with van der Waals surface area (Å²) in [6, 6.07) is 9.77. The summed E-state index contributed by atoms with van der Waals surface area (Å²) in [5.41, 5.74) is 6.99. The van der Waals surface area contributed by atoms with Gasteiger partial charge >= 0.3 is 0 Å². The highest BCUT2D eigenvalue weighted by molar-refractivity contribution is 7.98. The minimum atomic E-state index is 0.163. The monoisotopic (exact) mass is 308 g/mol. The molecule has 0 fully saturated rings. The zero-order valence-electron chi connectivity index (χ0n) is 11.7. The average Bonchev–Trinajstić information content (AvgIpc) is 2.45. The molecule has 0 radical (unpaired) electrons. The molecule has 0 saturated carbocycles. The van der Waals surface area contributed by atoms with E-state index in [0.717, 1.165) is 10.8 Å². The van der Waals surface area contributed by atoms with Gasteiger partial charge < -0.3 is 10.6 Å². The molecular formula is C14H17ClN4S. The lowest BCUT2D eigenvalue weighted by Crippen LogP contribution is -2.23. The Bertz CT molecular complexity index is 588. The second kappa shape index (κ2) is 6.33. The smallest absolute Gasteiger partial charge is 0.191 e. The Hall–Kier alpha value is -1.46. The molecule has 0 aliphatic heterocycles. The first kappa shape index (κ1) is 14.9. The van der Waals surface area contributed by atoms with Gasteiger partial charge in [-0.15, -0.1) is 0 Å². The Labute approximate surface area is 128 Å². The number of hydrogen-bond acceptors (Lipinski definition) is 5. The molecule has 2 N–H and O–H groups in total. The SMILES string of the molecule is CSc1nc(N)cc(N(C)C(C)c2ccc(Cl)cc2)n1. The van der Waals surface area contributed by atoms with Crippen LogP contribution in [-0.2, 0) is 0 Å². The first-order valence-corrected chi connectivity index (χ1v) is 7.78. The Morgan fingerprint density at radius 3 is 2.50 bits per heavy atom. The molecule has 1 atom stereocenters. The summed E-state index contributed by atoms with van der Waals surface area (Å²) in [6.07, 6.45) is 1.93. The van der Waals surface area contributed by atoms with Crippen LogP contribution in [0.3, 0.4) is 0 Å². The lowest BCUT2D eigenvalue weighted by Gasteiger charge is -2.26. The molecule has 0 saturated heterocycles. The maximum absolute atomic E-state index is 5.92. The quantitative estimate of drug-likeness (QED) is 0.690. The second-order valence-electron chi connectivity index (χ2n) is 4.48. The van der Waals surface area contributed by atoms with Crippen molar-refractivity contribution in [2.24, 2.45) is 0 Å². The molecule has 1 heterocycles. The Morgan fingerprint density at radius 2 is 1.90 bits per heavy atom. The molecule has 4 nitrogen and oxygen atoms in total. The average molecular weight is 309 g/mol. The van der Waals surface area contributed by atoms with Crippen LogP contribution >= 0.6 is 23.4 Å². The number of halogens is 1. The van der Waals surface area contributed by atoms with E-state index in [-0.39, 0.29) is 6.04 Å². The van der Waals surface area contributed by atoms with E-state index in [1.54, 1.807) is 6.07 Å². The van der Waals surface area contributed by atoms with Crippen LogP contribution in [0.4, 0.5) is 11.6 Å². The highest BCUT2D eigenvalue weighted by atomic mass is 35.5. The van der Waals surface area contributed by atoms with Crippen LogP contribution < -0.4 is 10.6 Å². The van der Waals surface area contributed by atoms with Crippen molar-refractivity contribution in [1.82, 2.24) is 9.97 Å². The van der Waals surface area contributed by atoms with Crippen molar-refractivity contribution in [1.29, 1.82) is 0 Å². The normalized spacial score (nSPS) is 12.2. The van der Waals surface area contributed by atoms with Crippen molar-refractivity contribution in [3.8, 4) is 0 Å². The van der Waals surface area contributed by atoms with Gasteiger partial charge in [-0.1, -0.05) is 35.5 Å². The van der Waals surface area contributed by atoms with Crippen LogP contribution in [0, 0.1) is 0 Å². The molecule has 0 aliphatic carbocycles. The topological polar surface area (TPSA) is 55.0 Å². The Morgan fingerprint density at radius 1 is 1.25 bits per heavy atom. The maximum Gasteiger partial charge on any atom is 0.191 e. The standard InChI is InChI=1S/C14H17ClN4S/c1-9(10-4-6-11(15)7-5-10)19(2)13-8-12(16)17-14(18-13)20-3/h4-9H,1-3H3,(H2,16,17,18). The number of hydrogen-bond donors (Lipinski definition) is 1. The predicted octanol–water partition coefficient (Wildman–Crippen LogP) is 3.63. The number of aromatic nitrogens is 2. The summed E-state index contributed by atoms with van der Waals surface area (Å²) < 4.78 is 0. The number of thioether (sulfide) groups is 1. The van der Waals surface area contributed by atoms with Crippen molar-refractivity contribution in [2.45, 2.75) is 18.1 Å². The van der Waals surface area contributed by atoms with Gasteiger partial charge in [0, 0.05) is 18.1 Å². The Kier molecular flexibility index (Phi) is 4.73. The number of anilines is 2. The number of benzene rings is 1. The zero-order chi connectivity index (χ0) is 14.7. The molecule has 0 aliphatic rings. The third-order valence-corrected chi connectivity index (χ3v) is 3.99. The van der Waals surface area contributed by atoms with Crippen molar-refractivity contribution in [2.75, 3.05) is 23.9 Å². The van der Waals surface area contributed by atoms with Crippen molar-refractivity contribution in [3.63, 3.8) is 0 Å². The predicted molar refractivity (Wildman–Crippen MR) is 86.5 cm³/mol. The van der Waals surface area contributed by atoms with Gasteiger partial charge in [0.1, 0.15) is 11.6 Å². The number of nitrogen functional groups attached to an aromatic ring is 1. The fourth-order valence-electron chi connectivity index (χ4n) is 1.87. The highest BCUT2D eigenvalue weighted by Crippen LogP contribution is 2.26. The van der Waals surface area contributed by atoms with Gasteiger partial charge in [-0.05, 0) is 30.9 Å². The van der Waals surface area contributed by atoms with Gasteiger partial charge in [0.15, 0.2) is 5.16 Å². The van der Waals surface area contributed by atoms with E-state index >= 15 is 0 Å². The third kappa shape index (κ3) is 3.35. The largest absolute Gasteiger partial charge is 0.383 e. The third-order valence-electron chi connectivity index (χ3n) is 3.19. The summed E-state index contributed by atoms with van der Waals surface area (Å²) in [5, 5.41) is 1.41. The second-order valence-corrected chi connectivity index (χ2v) is 5.69. The van der Waals surface area contributed by atoms with Crippen molar-refractivity contribution < 1.29 is 0 Å². The van der Waals surface area contributed by atoms with Crippen molar-refractivity contribution >= 4 is 35.0 Å². The van der Waals surface area contributed by atoms with Crippen LogP contribution in [0.15, 0.2) is 35.5 Å². The molecule has 0 spiro atoms. The molecule has 106 valence electrons. The van der Waals surface area contributed by atoms with Gasteiger partial charge in [0.25, 0.3) is 0 Å². The van der Waals surface area contributed by atoms with E-state index in [2.05, 4.69) is 21.8 Å². The van der Waals surface area contributed by atoms with E-state index in [4.69, 9.17) is 17.3 Å². The number of nitrogens with zero attached hydrogens (tertiary/aromatic N) is 3. The van der Waals surface area contributed by atoms with E-state index in [0.29, 0.717) is 11.0 Å². The van der Waals surface area contributed by atoms with Gasteiger partial charge in [-0.2, -0.15) is 0 Å². The molecule has 20 heavy (non-hydrogen) atoms. The van der Waals surface area contributed by atoms with Crippen LogP contribution in [0.2, 0.25) is 5.02 Å². The van der Waals surface area contributed by atoms with Crippen LogP contribution in [0.5, 0.6) is 0 Å². The van der Waals surface area contributed by atoms with E-state index in [9.17, 15) is 0 Å². The minimum absolute atomic E-state index is 0.163. The molecular weight excluding hydrogens is 292 g/mol. The molecule has 0 amide bonds. The highest BCUT2D eigenvalue weighted by Gasteiger charge is 2.15. The molecule has 1 unspecified atom stereocenters. The minimum Gasteiger partial charge on any atom is -0.383 e. The van der Waals surface area contributed by atoms with Crippen LogP contribution in [-0.4, -0.2) is 23.3 Å². The summed E-state index contributed by atoms with van der Waals surface area (Å²) in [6.45, 7) is 2.11. The summed E-state index contributed by atoms with van der Waals surface area (Å²) in [7, 11) is 1.99. The summed E-state index contributed by atoms with van der Waals surface area (Å²) >= 11 is 7.40. The Balaban J connectivity index is 2.28. The number of rotatable bonds is 4. The van der Waals surface area contributed by atoms with Gasteiger partial charge in [-0.25, -0.2) is 9.97 Å². The van der Waals surface area contributed by atoms with E-state index in [1.807, 2.05) is 37.6 Å². The van der Waals surface area contributed by atoms with Crippen LogP contribution in [0.25, 0.3) is 0 Å². The molecule has 2 rings (SSSR count).